The Hall–Kier alpha value is -1.26. The Bertz CT molecular complexity index is 479. The van der Waals surface area contributed by atoms with Gasteiger partial charge in [-0.3, -0.25) is 4.98 Å². The molecule has 0 radical (unpaired) electrons. The average Bonchev–Trinajstić information content (AvgIpc) is 2.81. The van der Waals surface area contributed by atoms with Crippen LogP contribution in [0.1, 0.15) is 30.8 Å². The zero-order valence-electron chi connectivity index (χ0n) is 10.9. The van der Waals surface area contributed by atoms with Crippen LogP contribution in [0.15, 0.2) is 24.5 Å². The van der Waals surface area contributed by atoms with Crippen LogP contribution in [0.5, 0.6) is 0 Å². The zero-order valence-corrected chi connectivity index (χ0v) is 11.8. The summed E-state index contributed by atoms with van der Waals surface area (Å²) in [6, 6.07) is 4.03. The number of rotatable bonds is 6. The zero-order chi connectivity index (χ0) is 12.8. The van der Waals surface area contributed by atoms with Crippen LogP contribution in [0.25, 0.3) is 10.6 Å². The molecular weight excluding hydrogens is 242 g/mol. The van der Waals surface area contributed by atoms with Gasteiger partial charge in [-0.2, -0.15) is 0 Å². The summed E-state index contributed by atoms with van der Waals surface area (Å²) in [6.45, 7) is 6.23. The molecule has 0 spiro atoms. The lowest BCUT2D eigenvalue weighted by Gasteiger charge is -2.00. The predicted octanol–water partition coefficient (Wildman–Crippen LogP) is 3.27. The highest BCUT2D eigenvalue weighted by molar-refractivity contribution is 7.15. The van der Waals surface area contributed by atoms with Gasteiger partial charge in [-0.25, -0.2) is 4.98 Å². The molecule has 96 valence electrons. The molecule has 2 aromatic heterocycles. The van der Waals surface area contributed by atoms with E-state index < -0.39 is 0 Å². The Morgan fingerprint density at radius 2 is 2.22 bits per heavy atom. The maximum absolute atomic E-state index is 4.76. The smallest absolute Gasteiger partial charge is 0.125 e. The number of nitrogens with one attached hydrogen (secondary N) is 1. The normalized spacial score (nSPS) is 10.8. The van der Waals surface area contributed by atoms with Gasteiger partial charge in [0.1, 0.15) is 5.01 Å². The van der Waals surface area contributed by atoms with Crippen LogP contribution in [0.3, 0.4) is 0 Å². The van der Waals surface area contributed by atoms with Gasteiger partial charge in [0.25, 0.3) is 0 Å². The maximum atomic E-state index is 4.76. The molecule has 0 atom stereocenters. The fraction of sp³-hybridized carbons (Fsp3) is 0.429. The summed E-state index contributed by atoms with van der Waals surface area (Å²) < 4.78 is 0. The largest absolute Gasteiger partial charge is 0.312 e. The van der Waals surface area contributed by atoms with Gasteiger partial charge in [-0.05, 0) is 25.1 Å². The fourth-order valence-corrected chi connectivity index (χ4v) is 2.87. The van der Waals surface area contributed by atoms with Crippen molar-refractivity contribution in [1.29, 1.82) is 0 Å². The van der Waals surface area contributed by atoms with Crippen molar-refractivity contribution in [2.24, 2.45) is 0 Å². The van der Waals surface area contributed by atoms with E-state index in [2.05, 4.69) is 30.2 Å². The molecule has 0 saturated carbocycles. The molecule has 2 aromatic rings. The number of aryl methyl sites for hydroxylation is 1. The summed E-state index contributed by atoms with van der Waals surface area (Å²) in [5.74, 6) is 0. The standard InChI is InChI=1S/C14H19N3S/c1-3-6-12-13(10-15-4-2)18-14(17-12)11-7-5-8-16-9-11/h5,7-9,15H,3-4,6,10H2,1-2H3. The lowest BCUT2D eigenvalue weighted by Crippen LogP contribution is -2.11. The Kier molecular flexibility index (Phi) is 4.84. The Balaban J connectivity index is 2.27. The van der Waals surface area contributed by atoms with Crippen LogP contribution < -0.4 is 5.32 Å². The minimum Gasteiger partial charge on any atom is -0.312 e. The summed E-state index contributed by atoms with van der Waals surface area (Å²) in [5.41, 5.74) is 2.35. The highest BCUT2D eigenvalue weighted by Crippen LogP contribution is 2.28. The van der Waals surface area contributed by atoms with E-state index >= 15 is 0 Å². The van der Waals surface area contributed by atoms with E-state index in [1.165, 1.54) is 10.6 Å². The number of hydrogen-bond acceptors (Lipinski definition) is 4. The lowest BCUT2D eigenvalue weighted by molar-refractivity contribution is 0.723. The SMILES string of the molecule is CCCc1nc(-c2cccnc2)sc1CNCC. The molecule has 2 heterocycles. The Labute approximate surface area is 112 Å². The van der Waals surface area contributed by atoms with Gasteiger partial charge >= 0.3 is 0 Å². The van der Waals surface area contributed by atoms with Gasteiger partial charge in [0, 0.05) is 29.4 Å². The average molecular weight is 261 g/mol. The minimum absolute atomic E-state index is 0.920. The van der Waals surface area contributed by atoms with Gasteiger partial charge in [0.15, 0.2) is 0 Å². The van der Waals surface area contributed by atoms with Crippen molar-refractivity contribution in [3.05, 3.63) is 35.1 Å². The first kappa shape index (κ1) is 13.2. The van der Waals surface area contributed by atoms with Crippen molar-refractivity contribution in [3.63, 3.8) is 0 Å². The summed E-state index contributed by atoms with van der Waals surface area (Å²) in [7, 11) is 0. The monoisotopic (exact) mass is 261 g/mol. The molecule has 18 heavy (non-hydrogen) atoms. The topological polar surface area (TPSA) is 37.8 Å². The second-order valence-electron chi connectivity index (χ2n) is 4.16. The predicted molar refractivity (Wildman–Crippen MR) is 76.7 cm³/mol. The van der Waals surface area contributed by atoms with E-state index in [1.54, 1.807) is 17.5 Å². The first-order valence-electron chi connectivity index (χ1n) is 6.44. The summed E-state index contributed by atoms with van der Waals surface area (Å²) >= 11 is 1.78. The van der Waals surface area contributed by atoms with Gasteiger partial charge in [0.2, 0.25) is 0 Å². The molecule has 1 N–H and O–H groups in total. The van der Waals surface area contributed by atoms with Crippen LogP contribution in [0.2, 0.25) is 0 Å². The minimum atomic E-state index is 0.920. The quantitative estimate of drug-likeness (QED) is 0.867. The van der Waals surface area contributed by atoms with E-state index in [4.69, 9.17) is 4.98 Å². The Morgan fingerprint density at radius 1 is 1.33 bits per heavy atom. The number of hydrogen-bond donors (Lipinski definition) is 1. The van der Waals surface area contributed by atoms with Crippen LogP contribution in [-0.2, 0) is 13.0 Å². The van der Waals surface area contributed by atoms with Crippen LogP contribution in [0.4, 0.5) is 0 Å². The molecule has 0 saturated heterocycles. The molecule has 0 amide bonds. The van der Waals surface area contributed by atoms with Crippen LogP contribution in [0, 0.1) is 0 Å². The van der Waals surface area contributed by atoms with Crippen LogP contribution >= 0.6 is 11.3 Å². The Morgan fingerprint density at radius 3 is 2.89 bits per heavy atom. The van der Waals surface area contributed by atoms with Gasteiger partial charge < -0.3 is 5.32 Å². The molecular formula is C14H19N3S. The highest BCUT2D eigenvalue weighted by atomic mass is 32.1. The third-order valence-electron chi connectivity index (χ3n) is 2.71. The molecule has 3 nitrogen and oxygen atoms in total. The van der Waals surface area contributed by atoms with E-state index in [9.17, 15) is 0 Å². The molecule has 0 aliphatic carbocycles. The third kappa shape index (κ3) is 3.15. The first-order valence-corrected chi connectivity index (χ1v) is 7.26. The molecule has 2 rings (SSSR count). The van der Waals surface area contributed by atoms with Crippen molar-refractivity contribution >= 4 is 11.3 Å². The second-order valence-corrected chi connectivity index (χ2v) is 5.24. The number of thiazole rings is 1. The summed E-state index contributed by atoms with van der Waals surface area (Å²) in [6.07, 6.45) is 5.86. The molecule has 0 aliphatic rings. The number of aromatic nitrogens is 2. The maximum Gasteiger partial charge on any atom is 0.125 e. The first-order chi connectivity index (χ1) is 8.85. The number of nitrogens with zero attached hydrogens (tertiary/aromatic N) is 2. The summed E-state index contributed by atoms with van der Waals surface area (Å²) in [5, 5.41) is 4.47. The van der Waals surface area contributed by atoms with Gasteiger partial charge in [0.05, 0.1) is 5.69 Å². The van der Waals surface area contributed by atoms with E-state index in [1.807, 2.05) is 12.3 Å². The van der Waals surface area contributed by atoms with Crippen molar-refractivity contribution in [3.8, 4) is 10.6 Å². The molecule has 0 unspecified atom stereocenters. The van der Waals surface area contributed by atoms with Crippen molar-refractivity contribution < 1.29 is 0 Å². The van der Waals surface area contributed by atoms with Crippen molar-refractivity contribution in [2.45, 2.75) is 33.2 Å². The lowest BCUT2D eigenvalue weighted by atomic mass is 10.2. The van der Waals surface area contributed by atoms with Crippen molar-refractivity contribution in [2.75, 3.05) is 6.54 Å². The summed E-state index contributed by atoms with van der Waals surface area (Å²) in [4.78, 5) is 10.3. The molecule has 0 bridgehead atoms. The molecule has 4 heteroatoms. The van der Waals surface area contributed by atoms with Gasteiger partial charge in [-0.1, -0.05) is 20.3 Å². The van der Waals surface area contributed by atoms with Crippen LogP contribution in [-0.4, -0.2) is 16.5 Å². The molecule has 0 fully saturated rings. The fourth-order valence-electron chi connectivity index (χ4n) is 1.80. The van der Waals surface area contributed by atoms with Gasteiger partial charge in [-0.15, -0.1) is 11.3 Å². The van der Waals surface area contributed by atoms with E-state index in [0.717, 1.165) is 36.5 Å². The highest BCUT2D eigenvalue weighted by Gasteiger charge is 2.11. The van der Waals surface area contributed by atoms with E-state index in [-0.39, 0.29) is 0 Å². The molecule has 0 aliphatic heterocycles. The number of pyridine rings is 1. The third-order valence-corrected chi connectivity index (χ3v) is 3.86. The van der Waals surface area contributed by atoms with Crippen molar-refractivity contribution in [1.82, 2.24) is 15.3 Å². The second kappa shape index (κ2) is 6.61. The molecule has 0 aromatic carbocycles. The van der Waals surface area contributed by atoms with E-state index in [0.29, 0.717) is 0 Å².